The molecule has 0 bridgehead atoms. The molecule has 0 atom stereocenters. The predicted molar refractivity (Wildman–Crippen MR) is 26.0 cm³/mol. The molecular formula is C5H7F3O. The monoisotopic (exact) mass is 140 g/mol. The van der Waals surface area contributed by atoms with Gasteiger partial charge in [-0.15, -0.1) is 0 Å². The maximum absolute atomic E-state index is 9.90. The summed E-state index contributed by atoms with van der Waals surface area (Å²) in [6.07, 6.45) is 2.83. The first kappa shape index (κ1) is 8.46. The zero-order valence-corrected chi connectivity index (χ0v) is 4.74. The van der Waals surface area contributed by atoms with Gasteiger partial charge in [0.1, 0.15) is 5.78 Å². The normalized spacial score (nSPS) is 16.2. The Morgan fingerprint density at radius 2 is 1.44 bits per heavy atom. The number of Topliss-reactive ketones (excluding diaryl/α,β-unsaturated/α-hetero) is 1. The highest BCUT2D eigenvalue weighted by Gasteiger charge is 2.09. The maximum Gasteiger partial charge on any atom is 0.379 e. The Morgan fingerprint density at radius 1 is 1.22 bits per heavy atom. The SMILES string of the molecule is FC(F)F.O=C1CCC1. The average Bonchev–Trinajstić information content (AvgIpc) is 1.59. The van der Waals surface area contributed by atoms with Crippen LogP contribution in [0, 0.1) is 0 Å². The largest absolute Gasteiger partial charge is 0.379 e. The van der Waals surface area contributed by atoms with Crippen molar-refractivity contribution in [3.05, 3.63) is 0 Å². The first-order valence-electron chi connectivity index (χ1n) is 2.57. The molecule has 54 valence electrons. The van der Waals surface area contributed by atoms with E-state index in [1.54, 1.807) is 0 Å². The fourth-order valence-corrected chi connectivity index (χ4v) is 0.321. The molecule has 9 heavy (non-hydrogen) atoms. The van der Waals surface area contributed by atoms with Crippen LogP contribution < -0.4 is 0 Å². The van der Waals surface area contributed by atoms with E-state index < -0.39 is 6.68 Å². The average molecular weight is 140 g/mol. The van der Waals surface area contributed by atoms with Crippen molar-refractivity contribution in [3.63, 3.8) is 0 Å². The number of alkyl halides is 3. The summed E-state index contributed by atoms with van der Waals surface area (Å²) in [6.45, 7) is -3.67. The van der Waals surface area contributed by atoms with E-state index in [0.717, 1.165) is 19.3 Å². The van der Waals surface area contributed by atoms with Gasteiger partial charge in [-0.25, -0.2) is 0 Å². The van der Waals surface area contributed by atoms with Gasteiger partial charge in [-0.05, 0) is 6.42 Å². The molecule has 0 spiro atoms. The molecule has 0 N–H and O–H groups in total. The number of rotatable bonds is 0. The summed E-state index contributed by atoms with van der Waals surface area (Å²) < 4.78 is 29.0. The molecule has 1 nitrogen and oxygen atoms in total. The van der Waals surface area contributed by atoms with E-state index in [9.17, 15) is 18.0 Å². The number of carbonyl (C=O) groups is 1. The second-order valence-corrected chi connectivity index (χ2v) is 1.64. The van der Waals surface area contributed by atoms with Crippen molar-refractivity contribution in [2.75, 3.05) is 0 Å². The third kappa shape index (κ3) is 7.46. The molecular weight excluding hydrogens is 133 g/mol. The molecule has 0 radical (unpaired) electrons. The van der Waals surface area contributed by atoms with Crippen molar-refractivity contribution < 1.29 is 18.0 Å². The summed E-state index contributed by atoms with van der Waals surface area (Å²) in [6, 6.07) is 0. The minimum Gasteiger partial charge on any atom is -0.300 e. The summed E-state index contributed by atoms with van der Waals surface area (Å²) in [5, 5.41) is 0. The van der Waals surface area contributed by atoms with Crippen LogP contribution in [0.25, 0.3) is 0 Å². The highest BCUT2D eigenvalue weighted by atomic mass is 19.4. The summed E-state index contributed by atoms with van der Waals surface area (Å²) in [5.41, 5.74) is 0. The molecule has 0 heterocycles. The Labute approximate surface area is 50.9 Å². The van der Waals surface area contributed by atoms with Gasteiger partial charge < -0.3 is 0 Å². The molecule has 0 aromatic carbocycles. The van der Waals surface area contributed by atoms with Gasteiger partial charge in [0.15, 0.2) is 0 Å². The summed E-state index contributed by atoms with van der Waals surface area (Å²) in [4.78, 5) is 9.90. The number of hydrogen-bond donors (Lipinski definition) is 0. The Kier molecular flexibility index (Phi) is 4.09. The lowest BCUT2D eigenvalue weighted by Gasteiger charge is -2.05. The van der Waals surface area contributed by atoms with E-state index in [1.165, 1.54) is 0 Å². The van der Waals surface area contributed by atoms with Crippen LogP contribution >= 0.6 is 0 Å². The van der Waals surface area contributed by atoms with Crippen LogP contribution in [-0.2, 0) is 4.79 Å². The van der Waals surface area contributed by atoms with Gasteiger partial charge in [-0.2, -0.15) is 13.2 Å². The first-order chi connectivity index (χ1) is 4.13. The second kappa shape index (κ2) is 4.35. The number of ketones is 1. The van der Waals surface area contributed by atoms with E-state index in [4.69, 9.17) is 0 Å². The van der Waals surface area contributed by atoms with Crippen molar-refractivity contribution in [3.8, 4) is 0 Å². The fraction of sp³-hybridized carbons (Fsp3) is 0.800. The Bertz CT molecular complexity index is 83.4. The van der Waals surface area contributed by atoms with E-state index in [0.29, 0.717) is 5.78 Å². The van der Waals surface area contributed by atoms with Crippen LogP contribution in [0.1, 0.15) is 19.3 Å². The highest BCUT2D eigenvalue weighted by Crippen LogP contribution is 2.10. The zero-order chi connectivity index (χ0) is 7.28. The van der Waals surface area contributed by atoms with E-state index >= 15 is 0 Å². The highest BCUT2D eigenvalue weighted by molar-refractivity contribution is 5.83. The molecule has 0 aromatic rings. The van der Waals surface area contributed by atoms with Gasteiger partial charge in [-0.1, -0.05) is 0 Å². The minimum atomic E-state index is -3.67. The van der Waals surface area contributed by atoms with Gasteiger partial charge in [0.25, 0.3) is 0 Å². The van der Waals surface area contributed by atoms with Crippen LogP contribution in [0.2, 0.25) is 0 Å². The topological polar surface area (TPSA) is 17.1 Å². The standard InChI is InChI=1S/C4H6O.CHF3/c5-4-2-1-3-4;2-1(3)4/h1-3H2;1H. The second-order valence-electron chi connectivity index (χ2n) is 1.64. The molecule has 1 aliphatic carbocycles. The van der Waals surface area contributed by atoms with Crippen LogP contribution in [0.3, 0.4) is 0 Å². The van der Waals surface area contributed by atoms with Crippen LogP contribution in [-0.4, -0.2) is 12.5 Å². The third-order valence-corrected chi connectivity index (χ3v) is 0.911. The summed E-state index contributed by atoms with van der Waals surface area (Å²) in [5.74, 6) is 0.435. The summed E-state index contributed by atoms with van der Waals surface area (Å²) >= 11 is 0. The fourth-order valence-electron chi connectivity index (χ4n) is 0.321. The Balaban J connectivity index is 0.000000148. The van der Waals surface area contributed by atoms with Gasteiger partial charge >= 0.3 is 6.68 Å². The van der Waals surface area contributed by atoms with Gasteiger partial charge in [0, 0.05) is 12.8 Å². The quantitative estimate of drug-likeness (QED) is 0.502. The minimum absolute atomic E-state index is 0.435. The van der Waals surface area contributed by atoms with Gasteiger partial charge in [0.05, 0.1) is 0 Å². The molecule has 0 unspecified atom stereocenters. The van der Waals surface area contributed by atoms with Crippen molar-refractivity contribution in [2.45, 2.75) is 25.9 Å². The van der Waals surface area contributed by atoms with E-state index in [1.807, 2.05) is 0 Å². The van der Waals surface area contributed by atoms with E-state index in [2.05, 4.69) is 0 Å². The van der Waals surface area contributed by atoms with Gasteiger partial charge in [0.2, 0.25) is 0 Å². The maximum atomic E-state index is 9.90. The van der Waals surface area contributed by atoms with Gasteiger partial charge in [-0.3, -0.25) is 4.79 Å². The van der Waals surface area contributed by atoms with Crippen molar-refractivity contribution in [1.82, 2.24) is 0 Å². The molecule has 0 aliphatic heterocycles. The molecule has 4 heteroatoms. The van der Waals surface area contributed by atoms with Crippen molar-refractivity contribution >= 4 is 5.78 Å². The number of halogens is 3. The van der Waals surface area contributed by atoms with Crippen LogP contribution in [0.4, 0.5) is 13.2 Å². The molecule has 1 fully saturated rings. The lowest BCUT2D eigenvalue weighted by molar-refractivity contribution is -0.123. The lowest BCUT2D eigenvalue weighted by atomic mass is 9.99. The third-order valence-electron chi connectivity index (χ3n) is 0.911. The molecule has 1 rings (SSSR count). The van der Waals surface area contributed by atoms with Crippen molar-refractivity contribution in [1.29, 1.82) is 0 Å². The molecule has 1 saturated carbocycles. The zero-order valence-electron chi connectivity index (χ0n) is 4.74. The Hall–Kier alpha value is -0.540. The lowest BCUT2D eigenvalue weighted by Crippen LogP contribution is -2.07. The Morgan fingerprint density at radius 3 is 1.44 bits per heavy atom. The number of carbonyl (C=O) groups excluding carboxylic acids is 1. The van der Waals surface area contributed by atoms with Crippen LogP contribution in [0.15, 0.2) is 0 Å². The summed E-state index contributed by atoms with van der Waals surface area (Å²) in [7, 11) is 0. The first-order valence-corrected chi connectivity index (χ1v) is 2.57. The molecule has 0 saturated heterocycles. The molecule has 0 aromatic heterocycles. The molecule has 1 aliphatic rings. The van der Waals surface area contributed by atoms with Crippen molar-refractivity contribution in [2.24, 2.45) is 0 Å². The smallest absolute Gasteiger partial charge is 0.300 e. The molecule has 0 amide bonds. The van der Waals surface area contributed by atoms with Crippen LogP contribution in [0.5, 0.6) is 0 Å². The number of hydrogen-bond acceptors (Lipinski definition) is 1. The predicted octanol–water partition coefficient (Wildman–Crippen LogP) is 1.92. The van der Waals surface area contributed by atoms with E-state index in [-0.39, 0.29) is 0 Å².